The molecule has 2 rings (SSSR count). The lowest BCUT2D eigenvalue weighted by Gasteiger charge is -2.39. The topological polar surface area (TPSA) is 67.4 Å². The number of nitrogens with zero attached hydrogens (tertiary/aromatic N) is 4. The minimum absolute atomic E-state index is 0.00631. The first-order valence-electron chi connectivity index (χ1n) is 7.84. The third-order valence-electron chi connectivity index (χ3n) is 4.28. The van der Waals surface area contributed by atoms with Gasteiger partial charge in [-0.05, 0) is 20.3 Å². The molecule has 1 atom stereocenters. The number of piperazine rings is 1. The second kappa shape index (κ2) is 7.04. The normalized spacial score (nSPS) is 18.2. The van der Waals surface area contributed by atoms with Crippen molar-refractivity contribution >= 4 is 5.82 Å². The van der Waals surface area contributed by atoms with Gasteiger partial charge in [0.05, 0.1) is 0 Å². The molecule has 6 nitrogen and oxygen atoms in total. The molecule has 118 valence electrons. The van der Waals surface area contributed by atoms with Gasteiger partial charge in [0.1, 0.15) is 0 Å². The van der Waals surface area contributed by atoms with Crippen LogP contribution in [0.3, 0.4) is 0 Å². The molecule has 1 aliphatic rings. The molecule has 0 spiro atoms. The maximum atomic E-state index is 12.5. The van der Waals surface area contributed by atoms with Crippen molar-refractivity contribution in [2.24, 2.45) is 5.73 Å². The molecule has 6 heteroatoms. The Balaban J connectivity index is 2.09. The van der Waals surface area contributed by atoms with Gasteiger partial charge in [0.25, 0.3) is 5.56 Å². The van der Waals surface area contributed by atoms with E-state index in [4.69, 9.17) is 5.73 Å². The van der Waals surface area contributed by atoms with Crippen molar-refractivity contribution in [3.63, 3.8) is 0 Å². The summed E-state index contributed by atoms with van der Waals surface area (Å²) in [5.74, 6) is 0.576. The Morgan fingerprint density at radius 1 is 1.29 bits per heavy atom. The highest BCUT2D eigenvalue weighted by Gasteiger charge is 2.24. The minimum atomic E-state index is 0.00631. The third-order valence-corrected chi connectivity index (χ3v) is 4.28. The molecule has 1 saturated heterocycles. The van der Waals surface area contributed by atoms with Crippen LogP contribution >= 0.6 is 0 Å². The standard InChI is InChI=1S/C15H27N5O/c1-4-13(11-16)18-7-9-19(10-8-18)14-15(21)20(12(2)3)6-5-17-14/h5-6,12-13H,4,7-11,16H2,1-3H3. The second-order valence-electron chi connectivity index (χ2n) is 5.88. The second-order valence-corrected chi connectivity index (χ2v) is 5.88. The van der Waals surface area contributed by atoms with Gasteiger partial charge in [0.15, 0.2) is 5.82 Å². The maximum absolute atomic E-state index is 12.5. The van der Waals surface area contributed by atoms with Gasteiger partial charge < -0.3 is 15.2 Å². The molecule has 0 amide bonds. The van der Waals surface area contributed by atoms with E-state index in [-0.39, 0.29) is 11.6 Å². The van der Waals surface area contributed by atoms with Crippen molar-refractivity contribution in [1.29, 1.82) is 0 Å². The molecule has 1 aromatic rings. The zero-order chi connectivity index (χ0) is 15.4. The van der Waals surface area contributed by atoms with Crippen LogP contribution in [0.25, 0.3) is 0 Å². The fourth-order valence-corrected chi connectivity index (χ4v) is 2.91. The SMILES string of the molecule is CCC(CN)N1CCN(c2nccn(C(C)C)c2=O)CC1. The summed E-state index contributed by atoms with van der Waals surface area (Å²) in [6, 6.07) is 0.602. The highest BCUT2D eigenvalue weighted by Crippen LogP contribution is 2.13. The van der Waals surface area contributed by atoms with Gasteiger partial charge in [0, 0.05) is 57.2 Å². The minimum Gasteiger partial charge on any atom is -0.349 e. The van der Waals surface area contributed by atoms with Crippen molar-refractivity contribution in [3.05, 3.63) is 22.7 Å². The lowest BCUT2D eigenvalue weighted by atomic mass is 10.1. The van der Waals surface area contributed by atoms with E-state index in [9.17, 15) is 4.79 Å². The molecular weight excluding hydrogens is 266 g/mol. The van der Waals surface area contributed by atoms with Crippen LogP contribution in [-0.4, -0.2) is 53.2 Å². The molecule has 2 N–H and O–H groups in total. The summed E-state index contributed by atoms with van der Waals surface area (Å²) in [7, 11) is 0. The summed E-state index contributed by atoms with van der Waals surface area (Å²) in [6.45, 7) is 10.4. The smallest absolute Gasteiger partial charge is 0.293 e. The first-order chi connectivity index (χ1) is 10.1. The first kappa shape index (κ1) is 16.0. The van der Waals surface area contributed by atoms with E-state index < -0.39 is 0 Å². The molecule has 1 aliphatic heterocycles. The van der Waals surface area contributed by atoms with Crippen LogP contribution in [0, 0.1) is 0 Å². The van der Waals surface area contributed by atoms with Crippen LogP contribution in [0.1, 0.15) is 33.2 Å². The maximum Gasteiger partial charge on any atom is 0.293 e. The molecule has 0 aliphatic carbocycles. The summed E-state index contributed by atoms with van der Waals surface area (Å²) in [5, 5.41) is 0. The van der Waals surface area contributed by atoms with Crippen molar-refractivity contribution in [3.8, 4) is 0 Å². The van der Waals surface area contributed by atoms with E-state index in [0.717, 1.165) is 32.6 Å². The molecule has 1 aromatic heterocycles. The van der Waals surface area contributed by atoms with E-state index in [2.05, 4.69) is 21.7 Å². The van der Waals surface area contributed by atoms with Gasteiger partial charge in [-0.15, -0.1) is 0 Å². The molecule has 1 fully saturated rings. The lowest BCUT2D eigenvalue weighted by molar-refractivity contribution is 0.184. The number of rotatable bonds is 5. The van der Waals surface area contributed by atoms with Crippen LogP contribution < -0.4 is 16.2 Å². The molecule has 21 heavy (non-hydrogen) atoms. The Kier molecular flexibility index (Phi) is 5.36. The predicted molar refractivity (Wildman–Crippen MR) is 85.8 cm³/mol. The van der Waals surface area contributed by atoms with E-state index >= 15 is 0 Å². The number of nitrogens with two attached hydrogens (primary N) is 1. The van der Waals surface area contributed by atoms with Crippen LogP contribution in [0.15, 0.2) is 17.2 Å². The summed E-state index contributed by atoms with van der Waals surface area (Å²) in [5.41, 5.74) is 5.82. The molecular formula is C15H27N5O. The Bertz CT molecular complexity index is 501. The van der Waals surface area contributed by atoms with Crippen molar-refractivity contribution in [2.75, 3.05) is 37.6 Å². The van der Waals surface area contributed by atoms with Crippen LogP contribution in [0.5, 0.6) is 0 Å². The Labute approximate surface area is 126 Å². The van der Waals surface area contributed by atoms with Gasteiger partial charge in [-0.25, -0.2) is 4.98 Å². The van der Waals surface area contributed by atoms with Crippen LogP contribution in [0.4, 0.5) is 5.82 Å². The Hall–Kier alpha value is -1.40. The quantitative estimate of drug-likeness (QED) is 0.865. The van der Waals surface area contributed by atoms with Crippen molar-refractivity contribution in [2.45, 2.75) is 39.3 Å². The Morgan fingerprint density at radius 2 is 1.95 bits per heavy atom. The highest BCUT2D eigenvalue weighted by molar-refractivity contribution is 5.36. The van der Waals surface area contributed by atoms with E-state index in [1.807, 2.05) is 13.8 Å². The van der Waals surface area contributed by atoms with Gasteiger partial charge in [0.2, 0.25) is 0 Å². The fraction of sp³-hybridized carbons (Fsp3) is 0.733. The summed E-state index contributed by atoms with van der Waals surface area (Å²) in [4.78, 5) is 21.3. The fourth-order valence-electron chi connectivity index (χ4n) is 2.91. The van der Waals surface area contributed by atoms with Gasteiger partial charge >= 0.3 is 0 Å². The molecule has 0 aromatic carbocycles. The summed E-state index contributed by atoms with van der Waals surface area (Å²) >= 11 is 0. The molecule has 0 radical (unpaired) electrons. The van der Waals surface area contributed by atoms with Gasteiger partial charge in [-0.2, -0.15) is 0 Å². The lowest BCUT2D eigenvalue weighted by Crippen LogP contribution is -2.53. The molecule has 1 unspecified atom stereocenters. The van der Waals surface area contributed by atoms with Gasteiger partial charge in [-0.1, -0.05) is 6.92 Å². The average molecular weight is 293 g/mol. The highest BCUT2D eigenvalue weighted by atomic mass is 16.1. The summed E-state index contributed by atoms with van der Waals surface area (Å²) < 4.78 is 1.74. The molecule has 0 bridgehead atoms. The number of hydrogen-bond donors (Lipinski definition) is 1. The van der Waals surface area contributed by atoms with E-state index in [0.29, 0.717) is 18.4 Å². The summed E-state index contributed by atoms with van der Waals surface area (Å²) in [6.07, 6.45) is 4.55. The largest absolute Gasteiger partial charge is 0.349 e. The van der Waals surface area contributed by atoms with Gasteiger partial charge in [-0.3, -0.25) is 9.69 Å². The zero-order valence-electron chi connectivity index (χ0n) is 13.3. The number of anilines is 1. The molecule has 0 saturated carbocycles. The number of hydrogen-bond acceptors (Lipinski definition) is 5. The first-order valence-corrected chi connectivity index (χ1v) is 7.84. The van der Waals surface area contributed by atoms with Crippen LogP contribution in [-0.2, 0) is 0 Å². The predicted octanol–water partition coefficient (Wildman–Crippen LogP) is 0.684. The Morgan fingerprint density at radius 3 is 2.48 bits per heavy atom. The third kappa shape index (κ3) is 3.44. The average Bonchev–Trinajstić information content (AvgIpc) is 2.49. The van der Waals surface area contributed by atoms with Crippen molar-refractivity contribution < 1.29 is 0 Å². The zero-order valence-corrected chi connectivity index (χ0v) is 13.3. The number of aromatic nitrogens is 2. The monoisotopic (exact) mass is 293 g/mol. The molecule has 2 heterocycles. The van der Waals surface area contributed by atoms with E-state index in [1.165, 1.54) is 0 Å². The van der Waals surface area contributed by atoms with Crippen molar-refractivity contribution in [1.82, 2.24) is 14.5 Å². The van der Waals surface area contributed by atoms with Crippen LogP contribution in [0.2, 0.25) is 0 Å². The van der Waals surface area contributed by atoms with E-state index in [1.54, 1.807) is 17.0 Å².